The largest absolute Gasteiger partial charge is 0.0842 e. The van der Waals surface area contributed by atoms with Crippen molar-refractivity contribution in [3.63, 3.8) is 0 Å². The van der Waals surface area contributed by atoms with E-state index in [-0.39, 0.29) is 7.92 Å². The highest BCUT2D eigenvalue weighted by Crippen LogP contribution is 2.45. The van der Waals surface area contributed by atoms with Gasteiger partial charge in [0.1, 0.15) is 0 Å². The average Bonchev–Trinajstić information content (AvgIpc) is 2.13. The zero-order chi connectivity index (χ0) is 13.3. The molecule has 0 N–H and O–H groups in total. The smallest absolute Gasteiger partial charge is 0.0141 e. The van der Waals surface area contributed by atoms with Gasteiger partial charge in [-0.3, -0.25) is 0 Å². The van der Waals surface area contributed by atoms with Crippen LogP contribution in [0.4, 0.5) is 0 Å². The van der Waals surface area contributed by atoms with Gasteiger partial charge in [0.05, 0.1) is 0 Å². The summed E-state index contributed by atoms with van der Waals surface area (Å²) in [6, 6.07) is 9.04. The maximum absolute atomic E-state index is 2.42. The molecule has 0 aliphatic carbocycles. The van der Waals surface area contributed by atoms with Crippen LogP contribution in [0.5, 0.6) is 0 Å². The van der Waals surface area contributed by atoms with Gasteiger partial charge in [0.15, 0.2) is 0 Å². The van der Waals surface area contributed by atoms with E-state index in [1.807, 2.05) is 0 Å². The van der Waals surface area contributed by atoms with Crippen molar-refractivity contribution in [3.05, 3.63) is 24.3 Å². The Bertz CT molecular complexity index is 369. The lowest BCUT2D eigenvalue weighted by atomic mass is 10.3. The fraction of sp³-hybridized carbons (Fsp3) is 0.600. The lowest BCUT2D eigenvalue weighted by Gasteiger charge is -2.31. The van der Waals surface area contributed by atoms with Crippen molar-refractivity contribution in [3.8, 4) is 0 Å². The first-order valence-electron chi connectivity index (χ1n) is 6.22. The zero-order valence-electron chi connectivity index (χ0n) is 12.3. The highest BCUT2D eigenvalue weighted by molar-refractivity contribution is 7.68. The van der Waals surface area contributed by atoms with E-state index < -0.39 is 0 Å². The van der Waals surface area contributed by atoms with Gasteiger partial charge in [0, 0.05) is 0 Å². The molecule has 0 aliphatic heterocycles. The van der Waals surface area contributed by atoms with E-state index in [0.29, 0.717) is 10.3 Å². The first kappa shape index (κ1) is 15.1. The summed E-state index contributed by atoms with van der Waals surface area (Å²) >= 11 is 0. The molecule has 0 heterocycles. The minimum atomic E-state index is -0.0836. The molecule has 0 nitrogen and oxygen atoms in total. The maximum Gasteiger partial charge on any atom is -0.0141 e. The van der Waals surface area contributed by atoms with Crippen LogP contribution in [0.15, 0.2) is 24.3 Å². The van der Waals surface area contributed by atoms with Crippen LogP contribution in [0.3, 0.4) is 0 Å². The Morgan fingerprint density at radius 3 is 1.94 bits per heavy atom. The van der Waals surface area contributed by atoms with Gasteiger partial charge in [-0.2, -0.15) is 0 Å². The number of hydrogen-bond donors (Lipinski definition) is 0. The number of rotatable bonds is 2. The molecule has 0 aliphatic rings. The van der Waals surface area contributed by atoms with Gasteiger partial charge in [-0.15, -0.1) is 0 Å². The van der Waals surface area contributed by atoms with Crippen molar-refractivity contribution in [2.45, 2.75) is 51.9 Å². The summed E-state index contributed by atoms with van der Waals surface area (Å²) in [6.07, 6.45) is 0. The fourth-order valence-corrected chi connectivity index (χ4v) is 4.98. The molecular weight excluding hydrogens is 242 g/mol. The number of hydrogen-bond acceptors (Lipinski definition) is 0. The minimum Gasteiger partial charge on any atom is -0.0842 e. The summed E-state index contributed by atoms with van der Waals surface area (Å²) in [4.78, 5) is 0. The van der Waals surface area contributed by atoms with E-state index in [1.54, 1.807) is 10.6 Å². The molecule has 2 unspecified atom stereocenters. The van der Waals surface area contributed by atoms with Crippen LogP contribution in [-0.4, -0.2) is 17.0 Å². The molecular formula is C15H26P2. The molecule has 2 atom stereocenters. The van der Waals surface area contributed by atoms with E-state index >= 15 is 0 Å². The molecule has 2 heteroatoms. The van der Waals surface area contributed by atoms with Crippen LogP contribution in [0.1, 0.15) is 41.5 Å². The van der Waals surface area contributed by atoms with E-state index in [2.05, 4.69) is 72.5 Å². The molecule has 1 aromatic carbocycles. The Hall–Kier alpha value is 0.0800. The summed E-state index contributed by atoms with van der Waals surface area (Å²) in [5.74, 6) is 0. The van der Waals surface area contributed by atoms with Gasteiger partial charge in [0.2, 0.25) is 0 Å². The maximum atomic E-state index is 2.42. The molecule has 1 rings (SSSR count). The summed E-state index contributed by atoms with van der Waals surface area (Å²) in [6.45, 7) is 16.5. The van der Waals surface area contributed by atoms with Gasteiger partial charge in [-0.05, 0) is 27.6 Å². The number of benzene rings is 1. The topological polar surface area (TPSA) is 0 Å². The second-order valence-corrected chi connectivity index (χ2v) is 11.9. The van der Waals surface area contributed by atoms with Crippen molar-refractivity contribution < 1.29 is 0 Å². The van der Waals surface area contributed by atoms with Crippen molar-refractivity contribution in [2.75, 3.05) is 6.66 Å². The van der Waals surface area contributed by atoms with Crippen LogP contribution < -0.4 is 10.6 Å². The molecule has 0 aromatic heterocycles. The van der Waals surface area contributed by atoms with Crippen molar-refractivity contribution in [1.82, 2.24) is 0 Å². The van der Waals surface area contributed by atoms with Crippen LogP contribution in [0.25, 0.3) is 0 Å². The lowest BCUT2D eigenvalue weighted by molar-refractivity contribution is 0.790. The highest BCUT2D eigenvalue weighted by Gasteiger charge is 2.24. The monoisotopic (exact) mass is 268 g/mol. The van der Waals surface area contributed by atoms with Crippen molar-refractivity contribution in [1.29, 1.82) is 0 Å². The molecule has 0 saturated heterocycles. The van der Waals surface area contributed by atoms with E-state index in [9.17, 15) is 0 Å². The third-order valence-electron chi connectivity index (χ3n) is 2.78. The van der Waals surface area contributed by atoms with Gasteiger partial charge >= 0.3 is 0 Å². The first-order valence-corrected chi connectivity index (χ1v) is 9.01. The van der Waals surface area contributed by atoms with Gasteiger partial charge in [-0.1, -0.05) is 82.3 Å². The van der Waals surface area contributed by atoms with E-state index in [1.165, 1.54) is 0 Å². The molecule has 0 radical (unpaired) electrons. The second kappa shape index (κ2) is 5.38. The normalized spacial score (nSPS) is 15.5. The third-order valence-corrected chi connectivity index (χ3v) is 7.57. The molecule has 0 saturated carbocycles. The molecule has 0 amide bonds. The van der Waals surface area contributed by atoms with Gasteiger partial charge in [-0.25, -0.2) is 0 Å². The van der Waals surface area contributed by atoms with Crippen molar-refractivity contribution >= 4 is 27.1 Å². The molecule has 1 aromatic rings. The van der Waals surface area contributed by atoms with Crippen LogP contribution in [0.2, 0.25) is 0 Å². The standard InChI is InChI=1S/C15H26P2/c1-14(2,3)16-12-10-8-9-11-13(12)17(7)15(4,5)6/h8-11,16H,1-7H3. The third kappa shape index (κ3) is 4.69. The first-order chi connectivity index (χ1) is 7.61. The second-order valence-electron chi connectivity index (χ2n) is 6.62. The Kier molecular flexibility index (Phi) is 4.79. The summed E-state index contributed by atoms with van der Waals surface area (Å²) < 4.78 is 0. The quantitative estimate of drug-likeness (QED) is 0.701. The molecule has 96 valence electrons. The molecule has 0 bridgehead atoms. The van der Waals surface area contributed by atoms with Crippen molar-refractivity contribution in [2.24, 2.45) is 0 Å². The van der Waals surface area contributed by atoms with E-state index in [4.69, 9.17) is 0 Å². The SMILES string of the molecule is CP(c1ccccc1PC(C)(C)C)C(C)(C)C. The average molecular weight is 268 g/mol. The van der Waals surface area contributed by atoms with E-state index in [0.717, 1.165) is 8.58 Å². The summed E-state index contributed by atoms with van der Waals surface area (Å²) in [5.41, 5.74) is 0. The zero-order valence-corrected chi connectivity index (χ0v) is 14.2. The summed E-state index contributed by atoms with van der Waals surface area (Å²) in [5, 5.41) is 3.96. The summed E-state index contributed by atoms with van der Waals surface area (Å²) in [7, 11) is 0.817. The Morgan fingerprint density at radius 1 is 0.941 bits per heavy atom. The van der Waals surface area contributed by atoms with Crippen LogP contribution >= 0.6 is 16.5 Å². The highest BCUT2D eigenvalue weighted by atomic mass is 31.1. The van der Waals surface area contributed by atoms with Gasteiger partial charge in [0.25, 0.3) is 0 Å². The molecule has 0 spiro atoms. The predicted molar refractivity (Wildman–Crippen MR) is 86.4 cm³/mol. The Labute approximate surface area is 110 Å². The predicted octanol–water partition coefficient (Wildman–Crippen LogP) is 4.32. The molecule has 17 heavy (non-hydrogen) atoms. The Balaban J connectivity index is 3.08. The lowest BCUT2D eigenvalue weighted by Crippen LogP contribution is -2.28. The van der Waals surface area contributed by atoms with Gasteiger partial charge < -0.3 is 0 Å². The van der Waals surface area contributed by atoms with Crippen LogP contribution in [-0.2, 0) is 0 Å². The Morgan fingerprint density at radius 2 is 1.47 bits per heavy atom. The van der Waals surface area contributed by atoms with Crippen LogP contribution in [0, 0.1) is 0 Å². The molecule has 0 fully saturated rings. The minimum absolute atomic E-state index is 0.0836. The fourth-order valence-electron chi connectivity index (χ4n) is 1.64.